The molecular weight excluding hydrogens is 554 g/mol. The maximum atomic E-state index is 13.4. The van der Waals surface area contributed by atoms with Crippen LogP contribution in [0.25, 0.3) is 0 Å². The van der Waals surface area contributed by atoms with Crippen molar-refractivity contribution in [2.24, 2.45) is 5.92 Å². The van der Waals surface area contributed by atoms with E-state index in [-0.39, 0.29) is 19.1 Å². The molecule has 1 heterocycles. The van der Waals surface area contributed by atoms with Crippen LogP contribution >= 0.6 is 11.6 Å². The Hall–Kier alpha value is -3.42. The van der Waals surface area contributed by atoms with Gasteiger partial charge in [-0.05, 0) is 49.2 Å². The number of hydroxylamine groups is 2. The van der Waals surface area contributed by atoms with Crippen LogP contribution in [0.15, 0.2) is 78.9 Å². The molecule has 222 valence electrons. The van der Waals surface area contributed by atoms with Gasteiger partial charge in [-0.15, -0.1) is 0 Å². The molecule has 0 bridgehead atoms. The Labute approximate surface area is 252 Å². The van der Waals surface area contributed by atoms with Crippen molar-refractivity contribution in [3.05, 3.63) is 101 Å². The van der Waals surface area contributed by atoms with Gasteiger partial charge in [0.05, 0.1) is 19.3 Å². The number of nitrogens with one attached hydrogen (secondary N) is 1. The first-order valence-electron chi connectivity index (χ1n) is 14.1. The zero-order chi connectivity index (χ0) is 30.1. The molecule has 1 fully saturated rings. The normalized spacial score (nSPS) is 19.9. The Morgan fingerprint density at radius 3 is 2.55 bits per heavy atom. The monoisotopic (exact) mass is 591 g/mol. The van der Waals surface area contributed by atoms with Crippen LogP contribution in [-0.2, 0) is 16.2 Å². The van der Waals surface area contributed by atoms with Gasteiger partial charge < -0.3 is 25.5 Å². The fourth-order valence-electron chi connectivity index (χ4n) is 5.17. The summed E-state index contributed by atoms with van der Waals surface area (Å²) in [5.41, 5.74) is 3.13. The summed E-state index contributed by atoms with van der Waals surface area (Å²) in [5, 5.41) is 36.0. The first kappa shape index (κ1) is 31.5. The number of rotatable bonds is 11. The number of aliphatic hydroxyl groups is 3. The lowest BCUT2D eigenvalue weighted by molar-refractivity contribution is -0.181. The third kappa shape index (κ3) is 8.11. The van der Waals surface area contributed by atoms with E-state index in [0.29, 0.717) is 22.7 Å². The highest BCUT2D eigenvalue weighted by molar-refractivity contribution is 6.31. The first-order valence-corrected chi connectivity index (χ1v) is 14.5. The number of para-hydroxylation sites is 1. The Balaban J connectivity index is 1.42. The van der Waals surface area contributed by atoms with Gasteiger partial charge in [0.15, 0.2) is 0 Å². The van der Waals surface area contributed by atoms with E-state index in [4.69, 9.17) is 16.4 Å². The Bertz CT molecular complexity index is 1380. The minimum Gasteiger partial charge on any atom is -0.394 e. The lowest BCUT2D eigenvalue weighted by atomic mass is 9.89. The minimum atomic E-state index is -1.04. The van der Waals surface area contributed by atoms with Crippen molar-refractivity contribution >= 4 is 23.2 Å². The highest BCUT2D eigenvalue weighted by atomic mass is 35.5. The van der Waals surface area contributed by atoms with Crippen molar-refractivity contribution in [2.45, 2.75) is 44.2 Å². The second-order valence-corrected chi connectivity index (χ2v) is 10.9. The first-order chi connectivity index (χ1) is 20.3. The summed E-state index contributed by atoms with van der Waals surface area (Å²) < 4.78 is 0. The molecule has 5 atom stereocenters. The summed E-state index contributed by atoms with van der Waals surface area (Å²) in [6.45, 7) is 2.72. The number of aliphatic hydroxyl groups excluding tert-OH is 3. The average Bonchev–Trinajstić information content (AvgIpc) is 3.37. The number of amides is 1. The fourth-order valence-corrected chi connectivity index (χ4v) is 5.41. The Morgan fingerprint density at radius 1 is 1.10 bits per heavy atom. The smallest absolute Gasteiger partial charge is 0.240 e. The number of benzene rings is 3. The third-order valence-corrected chi connectivity index (χ3v) is 7.71. The summed E-state index contributed by atoms with van der Waals surface area (Å²) >= 11 is 6.18. The fraction of sp³-hybridized carbons (Fsp3) is 0.364. The molecule has 0 aliphatic carbocycles. The molecular formula is C33H38ClN3O5. The summed E-state index contributed by atoms with van der Waals surface area (Å²) in [4.78, 5) is 21.6. The lowest BCUT2D eigenvalue weighted by Crippen LogP contribution is -2.49. The van der Waals surface area contributed by atoms with Crippen LogP contribution < -0.4 is 10.2 Å². The van der Waals surface area contributed by atoms with Gasteiger partial charge in [0.25, 0.3) is 0 Å². The summed E-state index contributed by atoms with van der Waals surface area (Å²) in [6.07, 6.45) is -1.91. The largest absolute Gasteiger partial charge is 0.394 e. The number of halogens is 1. The molecule has 2 unspecified atom stereocenters. The quantitative estimate of drug-likeness (QED) is 0.200. The molecule has 9 heteroatoms. The van der Waals surface area contributed by atoms with Crippen LogP contribution in [-0.4, -0.2) is 71.3 Å². The van der Waals surface area contributed by atoms with E-state index in [0.717, 1.165) is 24.2 Å². The average molecular weight is 592 g/mol. The maximum Gasteiger partial charge on any atom is 0.240 e. The number of nitrogens with zero attached hydrogens (tertiary/aromatic N) is 2. The summed E-state index contributed by atoms with van der Waals surface area (Å²) in [6, 6.07) is 23.6. The molecule has 4 rings (SSSR count). The predicted octanol–water partition coefficient (Wildman–Crippen LogP) is 3.54. The van der Waals surface area contributed by atoms with E-state index in [2.05, 4.69) is 22.1 Å². The number of carbonyl (C=O) groups excluding carboxylic acids is 1. The summed E-state index contributed by atoms with van der Waals surface area (Å²) in [7, 11) is 2.01. The molecule has 0 radical (unpaired) electrons. The Morgan fingerprint density at radius 2 is 1.83 bits per heavy atom. The van der Waals surface area contributed by atoms with Crippen molar-refractivity contribution < 1.29 is 25.0 Å². The number of anilines is 1. The number of hydrogen-bond acceptors (Lipinski definition) is 7. The van der Waals surface area contributed by atoms with Crippen molar-refractivity contribution in [1.29, 1.82) is 0 Å². The number of hydrogen-bond donors (Lipinski definition) is 4. The van der Waals surface area contributed by atoms with Gasteiger partial charge in [0, 0.05) is 47.9 Å². The zero-order valence-corrected chi connectivity index (χ0v) is 24.6. The van der Waals surface area contributed by atoms with Crippen molar-refractivity contribution in [3.8, 4) is 11.8 Å². The topological polar surface area (TPSA) is 105 Å². The van der Waals surface area contributed by atoms with E-state index < -0.39 is 30.3 Å². The molecule has 4 N–H and O–H groups in total. The van der Waals surface area contributed by atoms with Gasteiger partial charge in [-0.1, -0.05) is 72.0 Å². The number of carbonyl (C=O) groups is 1. The molecule has 0 spiro atoms. The van der Waals surface area contributed by atoms with Gasteiger partial charge in [0.2, 0.25) is 5.91 Å². The summed E-state index contributed by atoms with van der Waals surface area (Å²) in [5.74, 6) is 4.94. The van der Waals surface area contributed by atoms with Gasteiger partial charge in [-0.3, -0.25) is 9.63 Å². The molecule has 8 nitrogen and oxygen atoms in total. The van der Waals surface area contributed by atoms with E-state index in [1.807, 2.05) is 61.6 Å². The van der Waals surface area contributed by atoms with Gasteiger partial charge >= 0.3 is 0 Å². The molecule has 3 aromatic rings. The van der Waals surface area contributed by atoms with Gasteiger partial charge in [-0.25, -0.2) is 0 Å². The molecule has 1 aliphatic rings. The van der Waals surface area contributed by atoms with E-state index >= 15 is 0 Å². The van der Waals surface area contributed by atoms with Crippen molar-refractivity contribution in [2.75, 3.05) is 31.6 Å². The van der Waals surface area contributed by atoms with Crippen LogP contribution in [0, 0.1) is 17.8 Å². The second kappa shape index (κ2) is 15.2. The predicted molar refractivity (Wildman–Crippen MR) is 164 cm³/mol. The van der Waals surface area contributed by atoms with Gasteiger partial charge in [-0.2, -0.15) is 5.06 Å². The van der Waals surface area contributed by atoms with Crippen LogP contribution in [0.1, 0.15) is 36.1 Å². The molecule has 1 amide bonds. The van der Waals surface area contributed by atoms with Crippen LogP contribution in [0.5, 0.6) is 0 Å². The molecule has 0 saturated carbocycles. The third-order valence-electron chi connectivity index (χ3n) is 7.37. The van der Waals surface area contributed by atoms with Crippen LogP contribution in [0.4, 0.5) is 5.69 Å². The second-order valence-electron chi connectivity index (χ2n) is 10.5. The molecule has 1 aliphatic heterocycles. The minimum absolute atomic E-state index is 0.233. The Kier molecular flexibility index (Phi) is 11.4. The standard InChI is InChI=1S/C33H38ClN3O5/c1-23(39)31-30(22-38)42-37(32(31)33(41)35-18-9-19-36(2)26-12-4-3-5-13-26)21-25-11-8-10-24(20-25)16-17-29(40)27-14-6-7-15-28(27)34/h3-8,10-15,20,23,29-32,38-40H,9,18-19,21-22H2,1-2H3,(H,35,41)/t23-,29?,30-,31?,32-/m1/s1. The molecule has 3 aromatic carbocycles. The maximum absolute atomic E-state index is 13.4. The van der Waals surface area contributed by atoms with Crippen LogP contribution in [0.3, 0.4) is 0 Å². The molecule has 0 aromatic heterocycles. The SMILES string of the molecule is C[C@@H](O)C1[C@@H](CO)ON(Cc2cccc(C#CC(O)c3ccccc3Cl)c2)[C@H]1C(=O)NCCCN(C)c1ccccc1. The lowest BCUT2D eigenvalue weighted by Gasteiger charge is -2.26. The van der Waals surface area contributed by atoms with Crippen LogP contribution in [0.2, 0.25) is 5.02 Å². The van der Waals surface area contributed by atoms with E-state index in [1.54, 1.807) is 31.2 Å². The van der Waals surface area contributed by atoms with Crippen molar-refractivity contribution in [3.63, 3.8) is 0 Å². The highest BCUT2D eigenvalue weighted by Crippen LogP contribution is 2.32. The van der Waals surface area contributed by atoms with E-state index in [9.17, 15) is 20.1 Å². The highest BCUT2D eigenvalue weighted by Gasteiger charge is 2.49. The zero-order valence-electron chi connectivity index (χ0n) is 23.9. The molecule has 42 heavy (non-hydrogen) atoms. The van der Waals surface area contributed by atoms with Crippen molar-refractivity contribution in [1.82, 2.24) is 10.4 Å². The molecule has 1 saturated heterocycles. The van der Waals surface area contributed by atoms with E-state index in [1.165, 1.54) is 5.06 Å². The van der Waals surface area contributed by atoms with Gasteiger partial charge in [0.1, 0.15) is 18.2 Å².